The van der Waals surface area contributed by atoms with E-state index in [0.717, 1.165) is 19.3 Å². The SMILES string of the molecule is O=C(Nc1nccs1)C1(Cc2ccccc2)Cc2ccccc2C1. The summed E-state index contributed by atoms with van der Waals surface area (Å²) in [4.78, 5) is 17.4. The molecule has 1 N–H and O–H groups in total. The fourth-order valence-corrected chi connectivity index (χ4v) is 4.09. The van der Waals surface area contributed by atoms with Crippen molar-refractivity contribution >= 4 is 22.4 Å². The van der Waals surface area contributed by atoms with E-state index in [1.165, 1.54) is 28.0 Å². The maximum atomic E-state index is 13.2. The van der Waals surface area contributed by atoms with E-state index >= 15 is 0 Å². The number of benzene rings is 2. The summed E-state index contributed by atoms with van der Waals surface area (Å²) in [5.74, 6) is 0.0671. The first-order chi connectivity index (χ1) is 11.8. The average molecular weight is 334 g/mol. The molecule has 0 saturated heterocycles. The third kappa shape index (κ3) is 2.85. The van der Waals surface area contributed by atoms with Crippen molar-refractivity contribution in [2.75, 3.05) is 5.32 Å². The van der Waals surface area contributed by atoms with Gasteiger partial charge in [-0.2, -0.15) is 0 Å². The molecule has 0 saturated carbocycles. The van der Waals surface area contributed by atoms with Crippen LogP contribution >= 0.6 is 11.3 Å². The molecule has 24 heavy (non-hydrogen) atoms. The van der Waals surface area contributed by atoms with Gasteiger partial charge in [0.2, 0.25) is 5.91 Å². The molecular weight excluding hydrogens is 316 g/mol. The van der Waals surface area contributed by atoms with Crippen LogP contribution < -0.4 is 5.32 Å². The molecule has 0 unspecified atom stereocenters. The maximum Gasteiger partial charge on any atom is 0.233 e. The summed E-state index contributed by atoms with van der Waals surface area (Å²) in [5.41, 5.74) is 3.31. The first kappa shape index (κ1) is 15.1. The number of fused-ring (bicyclic) bond motifs is 1. The lowest BCUT2D eigenvalue weighted by atomic mass is 9.78. The first-order valence-corrected chi connectivity index (χ1v) is 8.95. The highest BCUT2D eigenvalue weighted by molar-refractivity contribution is 7.13. The fourth-order valence-electron chi connectivity index (χ4n) is 3.56. The summed E-state index contributed by atoms with van der Waals surface area (Å²) < 4.78 is 0. The van der Waals surface area contributed by atoms with Gasteiger partial charge in [0.05, 0.1) is 5.41 Å². The van der Waals surface area contributed by atoms with Gasteiger partial charge in [-0.05, 0) is 36.0 Å². The van der Waals surface area contributed by atoms with E-state index in [0.29, 0.717) is 5.13 Å². The van der Waals surface area contributed by atoms with Crippen LogP contribution in [0, 0.1) is 5.41 Å². The van der Waals surface area contributed by atoms with Crippen molar-refractivity contribution in [3.63, 3.8) is 0 Å². The summed E-state index contributed by atoms with van der Waals surface area (Å²) >= 11 is 1.46. The normalized spacial score (nSPS) is 15.0. The predicted molar refractivity (Wildman–Crippen MR) is 97.2 cm³/mol. The summed E-state index contributed by atoms with van der Waals surface area (Å²) in [6.45, 7) is 0. The number of aromatic nitrogens is 1. The van der Waals surface area contributed by atoms with E-state index in [1.807, 2.05) is 23.6 Å². The molecule has 3 nitrogen and oxygen atoms in total. The van der Waals surface area contributed by atoms with Gasteiger partial charge in [-0.3, -0.25) is 4.79 Å². The lowest BCUT2D eigenvalue weighted by Gasteiger charge is -2.27. The van der Waals surface area contributed by atoms with Crippen LogP contribution in [-0.2, 0) is 24.1 Å². The number of rotatable bonds is 4. The third-order valence-electron chi connectivity index (χ3n) is 4.70. The van der Waals surface area contributed by atoms with Crippen LogP contribution in [0.3, 0.4) is 0 Å². The fraction of sp³-hybridized carbons (Fsp3) is 0.200. The van der Waals surface area contributed by atoms with Crippen molar-refractivity contribution in [3.05, 3.63) is 82.9 Å². The van der Waals surface area contributed by atoms with E-state index in [-0.39, 0.29) is 5.91 Å². The molecule has 0 spiro atoms. The standard InChI is InChI=1S/C20H18N2OS/c23-18(22-19-21-10-11-24-19)20(12-15-6-2-1-3-7-15)13-16-8-4-5-9-17(16)14-20/h1-11H,12-14H2,(H,21,22,23). The predicted octanol–water partition coefficient (Wildman–Crippen LogP) is 4.11. The summed E-state index contributed by atoms with van der Waals surface area (Å²) in [7, 11) is 0. The Kier molecular flexibility index (Phi) is 3.90. The highest BCUT2D eigenvalue weighted by atomic mass is 32.1. The summed E-state index contributed by atoms with van der Waals surface area (Å²) in [6, 6.07) is 18.6. The molecule has 4 rings (SSSR count). The molecule has 1 aromatic heterocycles. The number of hydrogen-bond donors (Lipinski definition) is 1. The Morgan fingerprint density at radius 3 is 2.33 bits per heavy atom. The van der Waals surface area contributed by atoms with Gasteiger partial charge in [-0.1, -0.05) is 54.6 Å². The van der Waals surface area contributed by atoms with Gasteiger partial charge in [0.15, 0.2) is 5.13 Å². The minimum Gasteiger partial charge on any atom is -0.301 e. The molecule has 2 aromatic carbocycles. The van der Waals surface area contributed by atoms with Crippen LogP contribution in [0.5, 0.6) is 0 Å². The highest BCUT2D eigenvalue weighted by Crippen LogP contribution is 2.40. The Balaban J connectivity index is 1.66. The van der Waals surface area contributed by atoms with Gasteiger partial charge < -0.3 is 5.32 Å². The lowest BCUT2D eigenvalue weighted by molar-refractivity contribution is -0.125. The largest absolute Gasteiger partial charge is 0.301 e. The molecule has 0 aliphatic heterocycles. The topological polar surface area (TPSA) is 42.0 Å². The van der Waals surface area contributed by atoms with Crippen molar-refractivity contribution in [2.24, 2.45) is 5.41 Å². The second-order valence-corrected chi connectivity index (χ2v) is 7.25. The smallest absolute Gasteiger partial charge is 0.233 e. The maximum absolute atomic E-state index is 13.2. The molecule has 1 amide bonds. The van der Waals surface area contributed by atoms with Gasteiger partial charge in [-0.15, -0.1) is 11.3 Å². The van der Waals surface area contributed by atoms with Crippen LogP contribution in [-0.4, -0.2) is 10.9 Å². The first-order valence-electron chi connectivity index (χ1n) is 8.07. The highest BCUT2D eigenvalue weighted by Gasteiger charge is 2.43. The van der Waals surface area contributed by atoms with Crippen LogP contribution in [0.2, 0.25) is 0 Å². The number of nitrogens with one attached hydrogen (secondary N) is 1. The van der Waals surface area contributed by atoms with E-state index < -0.39 is 5.41 Å². The minimum atomic E-state index is -0.448. The van der Waals surface area contributed by atoms with Gasteiger partial charge in [0.25, 0.3) is 0 Å². The molecule has 0 radical (unpaired) electrons. The lowest BCUT2D eigenvalue weighted by Crippen LogP contribution is -2.39. The molecule has 0 bridgehead atoms. The molecule has 1 aliphatic rings. The Morgan fingerprint density at radius 1 is 1.04 bits per heavy atom. The van der Waals surface area contributed by atoms with E-state index in [9.17, 15) is 4.79 Å². The zero-order valence-corrected chi connectivity index (χ0v) is 14.1. The Bertz CT molecular complexity index is 818. The van der Waals surface area contributed by atoms with Crippen molar-refractivity contribution in [1.82, 2.24) is 4.98 Å². The van der Waals surface area contributed by atoms with E-state index in [4.69, 9.17) is 0 Å². The number of thiazole rings is 1. The quantitative estimate of drug-likeness (QED) is 0.780. The number of carbonyl (C=O) groups excluding carboxylic acids is 1. The van der Waals surface area contributed by atoms with Gasteiger partial charge in [0.1, 0.15) is 0 Å². The molecular formula is C20H18N2OS. The van der Waals surface area contributed by atoms with Crippen LogP contribution in [0.15, 0.2) is 66.2 Å². The molecule has 4 heteroatoms. The minimum absolute atomic E-state index is 0.0671. The monoisotopic (exact) mass is 334 g/mol. The van der Waals surface area contributed by atoms with E-state index in [1.54, 1.807) is 6.20 Å². The second-order valence-electron chi connectivity index (χ2n) is 6.36. The van der Waals surface area contributed by atoms with Crippen molar-refractivity contribution in [2.45, 2.75) is 19.3 Å². The number of hydrogen-bond acceptors (Lipinski definition) is 3. The van der Waals surface area contributed by atoms with Crippen molar-refractivity contribution in [3.8, 4) is 0 Å². The third-order valence-corrected chi connectivity index (χ3v) is 5.38. The summed E-state index contributed by atoms with van der Waals surface area (Å²) in [5, 5.41) is 5.58. The second kappa shape index (κ2) is 6.21. The van der Waals surface area contributed by atoms with E-state index in [2.05, 4.69) is 46.7 Å². The van der Waals surface area contributed by atoms with Crippen LogP contribution in [0.25, 0.3) is 0 Å². The molecule has 120 valence electrons. The number of anilines is 1. The molecule has 1 heterocycles. The molecule has 0 atom stereocenters. The Hall–Kier alpha value is -2.46. The van der Waals surface area contributed by atoms with Gasteiger partial charge in [-0.25, -0.2) is 4.98 Å². The average Bonchev–Trinajstić information content (AvgIpc) is 3.23. The number of amides is 1. The number of nitrogens with zero attached hydrogens (tertiary/aromatic N) is 1. The zero-order valence-electron chi connectivity index (χ0n) is 13.2. The molecule has 3 aromatic rings. The zero-order chi connectivity index (χ0) is 16.4. The Morgan fingerprint density at radius 2 is 1.71 bits per heavy atom. The van der Waals surface area contributed by atoms with Gasteiger partial charge >= 0.3 is 0 Å². The summed E-state index contributed by atoms with van der Waals surface area (Å²) in [6.07, 6.45) is 4.00. The number of carbonyl (C=O) groups is 1. The molecule has 1 aliphatic carbocycles. The van der Waals surface area contributed by atoms with Gasteiger partial charge in [0, 0.05) is 11.6 Å². The van der Waals surface area contributed by atoms with Crippen LogP contribution in [0.1, 0.15) is 16.7 Å². The van der Waals surface area contributed by atoms with Crippen LogP contribution in [0.4, 0.5) is 5.13 Å². The Labute approximate surface area is 145 Å². The van der Waals surface area contributed by atoms with Crippen molar-refractivity contribution < 1.29 is 4.79 Å². The molecule has 0 fully saturated rings. The van der Waals surface area contributed by atoms with Crippen molar-refractivity contribution in [1.29, 1.82) is 0 Å².